The van der Waals surface area contributed by atoms with E-state index in [0.717, 1.165) is 24.8 Å². The van der Waals surface area contributed by atoms with Crippen molar-refractivity contribution in [1.82, 2.24) is 5.32 Å². The van der Waals surface area contributed by atoms with Crippen molar-refractivity contribution >= 4 is 5.78 Å². The van der Waals surface area contributed by atoms with E-state index in [1.165, 1.54) is 0 Å². The number of rotatable bonds is 1. The summed E-state index contributed by atoms with van der Waals surface area (Å²) in [5.41, 5.74) is 0.964. The standard InChI is InChI=1S/C9H15NO/c1-7-3-4-9(11)8(5-7)6-10-2/h6-7,10H,3-5H2,1-2H3. The number of carbonyl (C=O) groups is 1. The Labute approximate surface area is 67.7 Å². The zero-order chi connectivity index (χ0) is 8.27. The second-order valence-electron chi connectivity index (χ2n) is 3.23. The molecule has 1 atom stereocenters. The molecular weight excluding hydrogens is 138 g/mol. The fraction of sp³-hybridized carbons (Fsp3) is 0.667. The van der Waals surface area contributed by atoms with Crippen molar-refractivity contribution in [2.45, 2.75) is 26.2 Å². The van der Waals surface area contributed by atoms with Crippen molar-refractivity contribution in [3.63, 3.8) is 0 Å². The minimum absolute atomic E-state index is 0.317. The lowest BCUT2D eigenvalue weighted by molar-refractivity contribution is -0.116. The molecule has 0 bridgehead atoms. The first-order valence-corrected chi connectivity index (χ1v) is 4.13. The van der Waals surface area contributed by atoms with Gasteiger partial charge in [-0.05, 0) is 18.8 Å². The van der Waals surface area contributed by atoms with Gasteiger partial charge in [0.1, 0.15) is 0 Å². The van der Waals surface area contributed by atoms with Gasteiger partial charge in [-0.15, -0.1) is 0 Å². The number of carbonyl (C=O) groups excluding carboxylic acids is 1. The Morgan fingerprint density at radius 2 is 2.36 bits per heavy atom. The maximum Gasteiger partial charge on any atom is 0.160 e. The van der Waals surface area contributed by atoms with Crippen LogP contribution in [0.4, 0.5) is 0 Å². The number of ketones is 1. The minimum Gasteiger partial charge on any atom is -0.394 e. The van der Waals surface area contributed by atoms with Gasteiger partial charge in [-0.1, -0.05) is 6.92 Å². The fourth-order valence-electron chi connectivity index (χ4n) is 1.44. The molecule has 0 aromatic carbocycles. The molecule has 0 amide bonds. The SMILES string of the molecule is CNC=C1CC(C)CCC1=O. The number of hydrogen-bond donors (Lipinski definition) is 1. The summed E-state index contributed by atoms with van der Waals surface area (Å²) in [6.07, 6.45) is 4.56. The molecular formula is C9H15NO. The van der Waals surface area contributed by atoms with E-state index in [-0.39, 0.29) is 0 Å². The van der Waals surface area contributed by atoms with E-state index in [9.17, 15) is 4.79 Å². The maximum atomic E-state index is 11.2. The third-order valence-corrected chi connectivity index (χ3v) is 2.11. The zero-order valence-electron chi connectivity index (χ0n) is 7.18. The molecule has 1 N–H and O–H groups in total. The van der Waals surface area contributed by atoms with Crippen LogP contribution in [0.15, 0.2) is 11.8 Å². The summed E-state index contributed by atoms with van der Waals surface area (Å²) in [6, 6.07) is 0. The maximum absolute atomic E-state index is 11.2. The number of allylic oxidation sites excluding steroid dienone is 1. The molecule has 1 saturated carbocycles. The first kappa shape index (κ1) is 8.31. The predicted molar refractivity (Wildman–Crippen MR) is 45.2 cm³/mol. The molecule has 1 fully saturated rings. The van der Waals surface area contributed by atoms with E-state index in [1.807, 2.05) is 13.2 Å². The Kier molecular flexibility index (Phi) is 2.69. The summed E-state index contributed by atoms with van der Waals surface area (Å²) in [6.45, 7) is 2.19. The van der Waals surface area contributed by atoms with Crippen molar-refractivity contribution in [3.05, 3.63) is 11.8 Å². The number of nitrogens with one attached hydrogen (secondary N) is 1. The normalized spacial score (nSPS) is 29.1. The number of hydrogen-bond acceptors (Lipinski definition) is 2. The Morgan fingerprint density at radius 1 is 1.64 bits per heavy atom. The van der Waals surface area contributed by atoms with E-state index in [1.54, 1.807) is 0 Å². The van der Waals surface area contributed by atoms with Crippen LogP contribution < -0.4 is 5.32 Å². The van der Waals surface area contributed by atoms with Gasteiger partial charge in [-0.25, -0.2) is 0 Å². The molecule has 0 heterocycles. The average molecular weight is 153 g/mol. The van der Waals surface area contributed by atoms with E-state index < -0.39 is 0 Å². The van der Waals surface area contributed by atoms with E-state index in [0.29, 0.717) is 11.7 Å². The van der Waals surface area contributed by atoms with Crippen molar-refractivity contribution in [1.29, 1.82) is 0 Å². The zero-order valence-corrected chi connectivity index (χ0v) is 7.18. The van der Waals surface area contributed by atoms with Crippen LogP contribution in [-0.2, 0) is 4.79 Å². The second-order valence-corrected chi connectivity index (χ2v) is 3.23. The molecule has 1 aliphatic rings. The summed E-state index contributed by atoms with van der Waals surface area (Å²) >= 11 is 0. The van der Waals surface area contributed by atoms with Crippen LogP contribution in [0.5, 0.6) is 0 Å². The molecule has 62 valence electrons. The largest absolute Gasteiger partial charge is 0.394 e. The van der Waals surface area contributed by atoms with Crippen molar-refractivity contribution in [2.75, 3.05) is 7.05 Å². The summed E-state index contributed by atoms with van der Waals surface area (Å²) in [5, 5.41) is 2.91. The van der Waals surface area contributed by atoms with Crippen LogP contribution in [-0.4, -0.2) is 12.8 Å². The summed E-state index contributed by atoms with van der Waals surface area (Å²) in [4.78, 5) is 11.2. The highest BCUT2D eigenvalue weighted by atomic mass is 16.1. The van der Waals surface area contributed by atoms with Crippen molar-refractivity contribution < 1.29 is 4.79 Å². The quantitative estimate of drug-likeness (QED) is 0.578. The molecule has 11 heavy (non-hydrogen) atoms. The number of Topliss-reactive ketones (excluding diaryl/α,β-unsaturated/α-hetero) is 1. The van der Waals surface area contributed by atoms with Gasteiger partial charge in [0.2, 0.25) is 0 Å². The molecule has 2 nitrogen and oxygen atoms in total. The summed E-state index contributed by atoms with van der Waals surface area (Å²) in [5.74, 6) is 0.991. The van der Waals surface area contributed by atoms with Crippen LogP contribution in [0.1, 0.15) is 26.2 Å². The summed E-state index contributed by atoms with van der Waals surface area (Å²) in [7, 11) is 1.83. The lowest BCUT2D eigenvalue weighted by Crippen LogP contribution is -2.16. The smallest absolute Gasteiger partial charge is 0.160 e. The van der Waals surface area contributed by atoms with Crippen LogP contribution >= 0.6 is 0 Å². The monoisotopic (exact) mass is 153 g/mol. The van der Waals surface area contributed by atoms with E-state index in [2.05, 4.69) is 12.2 Å². The van der Waals surface area contributed by atoms with Crippen LogP contribution in [0.3, 0.4) is 0 Å². The van der Waals surface area contributed by atoms with Gasteiger partial charge in [-0.2, -0.15) is 0 Å². The minimum atomic E-state index is 0.317. The van der Waals surface area contributed by atoms with Gasteiger partial charge in [0.25, 0.3) is 0 Å². The van der Waals surface area contributed by atoms with Gasteiger partial charge in [-0.3, -0.25) is 4.79 Å². The Bertz CT molecular complexity index is 184. The highest BCUT2D eigenvalue weighted by molar-refractivity contribution is 5.95. The predicted octanol–water partition coefficient (Wildman–Crippen LogP) is 1.48. The molecule has 0 aliphatic heterocycles. The van der Waals surface area contributed by atoms with E-state index in [4.69, 9.17) is 0 Å². The Morgan fingerprint density at radius 3 is 3.00 bits per heavy atom. The average Bonchev–Trinajstić information content (AvgIpc) is 1.98. The van der Waals surface area contributed by atoms with Crippen molar-refractivity contribution in [2.24, 2.45) is 5.92 Å². The Hall–Kier alpha value is -0.790. The molecule has 2 heteroatoms. The highest BCUT2D eigenvalue weighted by Crippen LogP contribution is 2.24. The first-order chi connectivity index (χ1) is 5.24. The van der Waals surface area contributed by atoms with Gasteiger partial charge in [0, 0.05) is 25.2 Å². The fourth-order valence-corrected chi connectivity index (χ4v) is 1.44. The van der Waals surface area contributed by atoms with Gasteiger partial charge in [0.15, 0.2) is 5.78 Å². The van der Waals surface area contributed by atoms with Crippen molar-refractivity contribution in [3.8, 4) is 0 Å². The molecule has 0 aromatic heterocycles. The Balaban J connectivity index is 2.61. The van der Waals surface area contributed by atoms with Gasteiger partial charge >= 0.3 is 0 Å². The lowest BCUT2D eigenvalue weighted by Gasteiger charge is -2.18. The molecule has 1 rings (SSSR count). The van der Waals surface area contributed by atoms with Crippen LogP contribution in [0.2, 0.25) is 0 Å². The third kappa shape index (κ3) is 2.07. The third-order valence-electron chi connectivity index (χ3n) is 2.11. The van der Waals surface area contributed by atoms with Gasteiger partial charge < -0.3 is 5.32 Å². The van der Waals surface area contributed by atoms with Crippen LogP contribution in [0.25, 0.3) is 0 Å². The highest BCUT2D eigenvalue weighted by Gasteiger charge is 2.19. The molecule has 1 aliphatic carbocycles. The second kappa shape index (κ2) is 3.56. The topological polar surface area (TPSA) is 29.1 Å². The molecule has 0 radical (unpaired) electrons. The molecule has 1 unspecified atom stereocenters. The first-order valence-electron chi connectivity index (χ1n) is 4.13. The molecule has 0 saturated heterocycles. The van der Waals surface area contributed by atoms with Gasteiger partial charge in [0.05, 0.1) is 0 Å². The summed E-state index contributed by atoms with van der Waals surface area (Å²) < 4.78 is 0. The van der Waals surface area contributed by atoms with E-state index >= 15 is 0 Å². The van der Waals surface area contributed by atoms with Crippen LogP contribution in [0, 0.1) is 5.92 Å². The molecule has 0 spiro atoms. The lowest BCUT2D eigenvalue weighted by atomic mass is 9.86. The molecule has 0 aromatic rings.